The third-order valence-corrected chi connectivity index (χ3v) is 6.99. The van der Waals surface area contributed by atoms with E-state index >= 15 is 0 Å². The molecule has 5 heteroatoms. The molecule has 3 rings (SSSR count). The van der Waals surface area contributed by atoms with Crippen molar-refractivity contribution in [3.05, 3.63) is 102 Å². The molecule has 1 amide bonds. The molecule has 0 saturated heterocycles. The number of ether oxygens (including phenoxy) is 2. The van der Waals surface area contributed by atoms with E-state index in [9.17, 15) is 9.59 Å². The van der Waals surface area contributed by atoms with Crippen LogP contribution in [0.15, 0.2) is 84.9 Å². The van der Waals surface area contributed by atoms with Crippen LogP contribution in [-0.4, -0.2) is 24.5 Å². The number of hydrogen-bond acceptors (Lipinski definition) is 4. The second-order valence-corrected chi connectivity index (χ2v) is 9.99. The number of hydrogen-bond donors (Lipinski definition) is 1. The van der Waals surface area contributed by atoms with Gasteiger partial charge in [-0.3, -0.25) is 9.59 Å². The molecule has 208 valence electrons. The highest BCUT2D eigenvalue weighted by Gasteiger charge is 2.16. The van der Waals surface area contributed by atoms with Crippen LogP contribution in [0.5, 0.6) is 5.75 Å². The Balaban J connectivity index is 1.48. The van der Waals surface area contributed by atoms with E-state index in [2.05, 4.69) is 36.5 Å². The lowest BCUT2D eigenvalue weighted by Crippen LogP contribution is -2.36. The summed E-state index contributed by atoms with van der Waals surface area (Å²) in [7, 11) is 0. The van der Waals surface area contributed by atoms with E-state index in [1.165, 1.54) is 5.56 Å². The molecule has 2 unspecified atom stereocenters. The predicted octanol–water partition coefficient (Wildman–Crippen LogP) is 7.39. The fraction of sp³-hybridized carbons (Fsp3) is 0.412. The maximum atomic E-state index is 12.8. The first-order chi connectivity index (χ1) is 19.1. The van der Waals surface area contributed by atoms with Gasteiger partial charge in [0.05, 0.1) is 6.61 Å². The molecule has 0 heterocycles. The summed E-state index contributed by atoms with van der Waals surface area (Å²) in [6.07, 6.45) is 6.02. The number of nitrogens with one attached hydrogen (secondary N) is 1. The summed E-state index contributed by atoms with van der Waals surface area (Å²) in [5.74, 6) is 1.15. The van der Waals surface area contributed by atoms with Gasteiger partial charge in [0.2, 0.25) is 5.91 Å². The van der Waals surface area contributed by atoms with Gasteiger partial charge in [0.15, 0.2) is 0 Å². The Labute approximate surface area is 233 Å². The van der Waals surface area contributed by atoms with Gasteiger partial charge in [-0.25, -0.2) is 0 Å². The van der Waals surface area contributed by atoms with Crippen molar-refractivity contribution >= 4 is 11.9 Å². The first-order valence-corrected chi connectivity index (χ1v) is 14.3. The molecule has 1 N–H and O–H groups in total. The van der Waals surface area contributed by atoms with E-state index in [-0.39, 0.29) is 24.3 Å². The van der Waals surface area contributed by atoms with Crippen molar-refractivity contribution in [2.45, 2.75) is 83.8 Å². The molecule has 5 nitrogen and oxygen atoms in total. The third-order valence-electron chi connectivity index (χ3n) is 6.99. The third kappa shape index (κ3) is 11.4. The molecule has 39 heavy (non-hydrogen) atoms. The molecule has 0 radical (unpaired) electrons. The zero-order valence-corrected chi connectivity index (χ0v) is 23.4. The van der Waals surface area contributed by atoms with Crippen molar-refractivity contribution in [1.29, 1.82) is 0 Å². The fourth-order valence-corrected chi connectivity index (χ4v) is 4.81. The van der Waals surface area contributed by atoms with Crippen LogP contribution in [-0.2, 0) is 27.4 Å². The number of esters is 1. The molecule has 3 aromatic rings. The van der Waals surface area contributed by atoms with Crippen LogP contribution >= 0.6 is 0 Å². The Morgan fingerprint density at radius 2 is 1.46 bits per heavy atom. The molecule has 0 aliphatic heterocycles. The number of rotatable bonds is 17. The van der Waals surface area contributed by atoms with Crippen LogP contribution in [0.3, 0.4) is 0 Å². The van der Waals surface area contributed by atoms with Crippen LogP contribution in [0.1, 0.15) is 81.4 Å². The number of unbranched alkanes of at least 4 members (excludes halogenated alkanes) is 1. The average Bonchev–Trinajstić information content (AvgIpc) is 2.97. The van der Waals surface area contributed by atoms with Gasteiger partial charge in [-0.05, 0) is 73.8 Å². The van der Waals surface area contributed by atoms with E-state index in [0.717, 1.165) is 42.6 Å². The molecule has 0 saturated carbocycles. The highest BCUT2D eigenvalue weighted by Crippen LogP contribution is 2.25. The van der Waals surface area contributed by atoms with E-state index in [0.29, 0.717) is 38.4 Å². The minimum absolute atomic E-state index is 0.0411. The molecular weight excluding hydrogens is 486 g/mol. The average molecular weight is 530 g/mol. The summed E-state index contributed by atoms with van der Waals surface area (Å²) in [6.45, 7) is 4.91. The SMILES string of the molecule is CCOC(=O)CCC(Cc1ccc(OCc2ccccc2)cc1)NC(=O)CCCCC(CC)c1ccccc1. The Bertz CT molecular complexity index is 1100. The zero-order chi connectivity index (χ0) is 27.7. The van der Waals surface area contributed by atoms with Crippen LogP contribution in [0.25, 0.3) is 0 Å². The molecule has 0 aliphatic rings. The maximum Gasteiger partial charge on any atom is 0.305 e. The van der Waals surface area contributed by atoms with Crippen molar-refractivity contribution in [3.8, 4) is 5.75 Å². The standard InChI is InChI=1S/C34H43NO4/c1-3-29(30-16-9-6-10-17-30)15-11-12-18-33(36)35-31(21-24-34(37)38-4-2)25-27-19-22-32(23-20-27)39-26-28-13-7-5-8-14-28/h5-10,13-14,16-17,19-20,22-23,29,31H,3-4,11-12,15,18,21,24-26H2,1-2H3,(H,35,36). The van der Waals surface area contributed by atoms with Gasteiger partial charge < -0.3 is 14.8 Å². The zero-order valence-electron chi connectivity index (χ0n) is 23.4. The van der Waals surface area contributed by atoms with E-state index in [1.54, 1.807) is 6.92 Å². The highest BCUT2D eigenvalue weighted by molar-refractivity contribution is 5.76. The topological polar surface area (TPSA) is 64.6 Å². The molecule has 3 aromatic carbocycles. The minimum atomic E-state index is -0.229. The Kier molecular flexibility index (Phi) is 13.1. The lowest BCUT2D eigenvalue weighted by atomic mass is 9.91. The number of carbonyl (C=O) groups excluding carboxylic acids is 2. The van der Waals surface area contributed by atoms with Gasteiger partial charge in [0.25, 0.3) is 0 Å². The molecule has 0 bridgehead atoms. The predicted molar refractivity (Wildman–Crippen MR) is 157 cm³/mol. The van der Waals surface area contributed by atoms with Gasteiger partial charge in [-0.1, -0.05) is 86.1 Å². The van der Waals surface area contributed by atoms with Crippen molar-refractivity contribution < 1.29 is 19.1 Å². The summed E-state index contributed by atoms with van der Waals surface area (Å²) >= 11 is 0. The molecule has 2 atom stereocenters. The molecule has 0 fully saturated rings. The van der Waals surface area contributed by atoms with Gasteiger partial charge in [0, 0.05) is 18.9 Å². The van der Waals surface area contributed by atoms with Crippen LogP contribution < -0.4 is 10.1 Å². The van der Waals surface area contributed by atoms with E-state index in [1.807, 2.05) is 60.7 Å². The van der Waals surface area contributed by atoms with Gasteiger partial charge >= 0.3 is 5.97 Å². The summed E-state index contributed by atoms with van der Waals surface area (Å²) < 4.78 is 11.0. The van der Waals surface area contributed by atoms with Gasteiger partial charge in [0.1, 0.15) is 12.4 Å². The molecule has 0 spiro atoms. The number of benzene rings is 3. The van der Waals surface area contributed by atoms with E-state index < -0.39 is 0 Å². The molecule has 0 aliphatic carbocycles. The normalized spacial score (nSPS) is 12.4. The maximum absolute atomic E-state index is 12.8. The summed E-state index contributed by atoms with van der Waals surface area (Å²) in [6, 6.07) is 28.5. The minimum Gasteiger partial charge on any atom is -0.489 e. The van der Waals surface area contributed by atoms with Crippen molar-refractivity contribution in [3.63, 3.8) is 0 Å². The first kappa shape index (κ1) is 29.9. The quantitative estimate of drug-likeness (QED) is 0.146. The molecular formula is C34H43NO4. The second kappa shape index (κ2) is 17.1. The summed E-state index contributed by atoms with van der Waals surface area (Å²) in [4.78, 5) is 24.8. The second-order valence-electron chi connectivity index (χ2n) is 9.99. The van der Waals surface area contributed by atoms with Crippen LogP contribution in [0, 0.1) is 0 Å². The van der Waals surface area contributed by atoms with Crippen molar-refractivity contribution in [1.82, 2.24) is 5.32 Å². The first-order valence-electron chi connectivity index (χ1n) is 14.3. The smallest absolute Gasteiger partial charge is 0.305 e. The largest absolute Gasteiger partial charge is 0.489 e. The van der Waals surface area contributed by atoms with Gasteiger partial charge in [-0.2, -0.15) is 0 Å². The van der Waals surface area contributed by atoms with Crippen LogP contribution in [0.2, 0.25) is 0 Å². The number of amides is 1. The lowest BCUT2D eigenvalue weighted by Gasteiger charge is -2.19. The Morgan fingerprint density at radius 1 is 0.769 bits per heavy atom. The monoisotopic (exact) mass is 529 g/mol. The van der Waals surface area contributed by atoms with Crippen molar-refractivity contribution in [2.75, 3.05) is 6.61 Å². The van der Waals surface area contributed by atoms with E-state index in [4.69, 9.17) is 9.47 Å². The molecule has 0 aromatic heterocycles. The Morgan fingerprint density at radius 3 is 2.13 bits per heavy atom. The Hall–Kier alpha value is -3.60. The fourth-order valence-electron chi connectivity index (χ4n) is 4.81. The van der Waals surface area contributed by atoms with Crippen LogP contribution in [0.4, 0.5) is 0 Å². The lowest BCUT2D eigenvalue weighted by molar-refractivity contribution is -0.143. The van der Waals surface area contributed by atoms with Crippen molar-refractivity contribution in [2.24, 2.45) is 0 Å². The highest BCUT2D eigenvalue weighted by atomic mass is 16.5. The van der Waals surface area contributed by atoms with Gasteiger partial charge in [-0.15, -0.1) is 0 Å². The summed E-state index contributed by atoms with van der Waals surface area (Å²) in [5, 5.41) is 3.18. The number of carbonyl (C=O) groups is 2. The summed E-state index contributed by atoms with van der Waals surface area (Å²) in [5.41, 5.74) is 3.58.